The number of sulfonamides is 1. The van der Waals surface area contributed by atoms with Crippen LogP contribution in [0, 0.1) is 0 Å². The average Bonchev–Trinajstić information content (AvgIpc) is 2.76. The molecule has 0 aliphatic carbocycles. The molecule has 0 bridgehead atoms. The summed E-state index contributed by atoms with van der Waals surface area (Å²) in [6.07, 6.45) is -3.23. The average molecular weight is 489 g/mol. The molecular formula is C22H27F3N2O5S. The maximum absolute atomic E-state index is 13.5. The summed E-state index contributed by atoms with van der Waals surface area (Å²) in [6.45, 7) is 2.99. The molecule has 2 aromatic carbocycles. The van der Waals surface area contributed by atoms with Crippen LogP contribution in [0.3, 0.4) is 0 Å². The second kappa shape index (κ2) is 10.8. The Bertz CT molecular complexity index is 1070. The normalized spacial score (nSPS) is 12.7. The zero-order chi connectivity index (χ0) is 24.8. The van der Waals surface area contributed by atoms with Crippen molar-refractivity contribution in [1.29, 1.82) is 0 Å². The van der Waals surface area contributed by atoms with Gasteiger partial charge in [-0.15, -0.1) is 0 Å². The number of alkyl halides is 3. The van der Waals surface area contributed by atoms with Gasteiger partial charge >= 0.3 is 6.18 Å². The topological polar surface area (TPSA) is 84.9 Å². The Balaban J connectivity index is 2.55. The van der Waals surface area contributed by atoms with E-state index in [0.717, 1.165) is 18.6 Å². The number of anilines is 1. The van der Waals surface area contributed by atoms with Crippen LogP contribution in [0.4, 0.5) is 18.9 Å². The van der Waals surface area contributed by atoms with Gasteiger partial charge in [-0.2, -0.15) is 13.2 Å². The van der Waals surface area contributed by atoms with Crippen LogP contribution in [-0.4, -0.2) is 41.1 Å². The molecule has 0 radical (unpaired) electrons. The Morgan fingerprint density at radius 2 is 1.76 bits per heavy atom. The van der Waals surface area contributed by atoms with Crippen molar-refractivity contribution in [3.05, 3.63) is 48.0 Å². The molecule has 33 heavy (non-hydrogen) atoms. The summed E-state index contributed by atoms with van der Waals surface area (Å²) >= 11 is 0. The standard InChI is InChI=1S/C22H27F3N2O5S/c1-5-7-15(2)26-21(28)14-27(17-9-6-8-16(12-17)22(23,24)25)33(29,30)18-10-11-19(31-3)20(13-18)32-4/h6,8-13,15H,5,7,14H2,1-4H3,(H,26,28). The van der Waals surface area contributed by atoms with Gasteiger partial charge in [0.25, 0.3) is 10.0 Å². The van der Waals surface area contributed by atoms with Crippen molar-refractivity contribution in [2.45, 2.75) is 43.8 Å². The van der Waals surface area contributed by atoms with Crippen LogP contribution in [0.25, 0.3) is 0 Å². The lowest BCUT2D eigenvalue weighted by Crippen LogP contribution is -2.43. The molecule has 7 nitrogen and oxygen atoms in total. The first-order chi connectivity index (χ1) is 15.4. The summed E-state index contributed by atoms with van der Waals surface area (Å²) in [6, 6.07) is 7.37. The molecule has 1 atom stereocenters. The summed E-state index contributed by atoms with van der Waals surface area (Å²) in [4.78, 5) is 12.3. The largest absolute Gasteiger partial charge is 0.493 e. The highest BCUT2D eigenvalue weighted by molar-refractivity contribution is 7.92. The molecule has 1 unspecified atom stereocenters. The second-order valence-electron chi connectivity index (χ2n) is 7.33. The molecule has 2 rings (SSSR count). The van der Waals surface area contributed by atoms with E-state index in [1.165, 1.54) is 38.5 Å². The SMILES string of the molecule is CCCC(C)NC(=O)CN(c1cccc(C(F)(F)F)c1)S(=O)(=O)c1ccc(OC)c(OC)c1. The molecule has 0 heterocycles. The summed E-state index contributed by atoms with van der Waals surface area (Å²) < 4.78 is 77.7. The minimum Gasteiger partial charge on any atom is -0.493 e. The smallest absolute Gasteiger partial charge is 0.416 e. The van der Waals surface area contributed by atoms with Crippen LogP contribution < -0.4 is 19.1 Å². The van der Waals surface area contributed by atoms with E-state index in [4.69, 9.17) is 9.47 Å². The number of rotatable bonds is 10. The monoisotopic (exact) mass is 488 g/mol. The lowest BCUT2D eigenvalue weighted by molar-refractivity contribution is -0.137. The van der Waals surface area contributed by atoms with Gasteiger partial charge in [-0.25, -0.2) is 8.42 Å². The van der Waals surface area contributed by atoms with Gasteiger partial charge in [0.1, 0.15) is 6.54 Å². The first-order valence-electron chi connectivity index (χ1n) is 10.2. The number of amides is 1. The summed E-state index contributed by atoms with van der Waals surface area (Å²) in [7, 11) is -1.75. The first kappa shape index (κ1) is 26.3. The minimum absolute atomic E-state index is 0.114. The van der Waals surface area contributed by atoms with E-state index in [9.17, 15) is 26.4 Å². The lowest BCUT2D eigenvalue weighted by atomic mass is 10.2. The molecule has 0 aliphatic rings. The minimum atomic E-state index is -4.69. The van der Waals surface area contributed by atoms with Gasteiger partial charge in [0, 0.05) is 12.1 Å². The second-order valence-corrected chi connectivity index (χ2v) is 9.20. The fourth-order valence-electron chi connectivity index (χ4n) is 3.21. The number of nitrogens with one attached hydrogen (secondary N) is 1. The number of carbonyl (C=O) groups is 1. The van der Waals surface area contributed by atoms with Crippen LogP contribution in [-0.2, 0) is 21.0 Å². The van der Waals surface area contributed by atoms with Gasteiger partial charge in [-0.1, -0.05) is 19.4 Å². The summed E-state index contributed by atoms with van der Waals surface area (Å²) in [5.41, 5.74) is -1.33. The fraction of sp³-hybridized carbons (Fsp3) is 0.409. The Morgan fingerprint density at radius 1 is 1.09 bits per heavy atom. The summed E-state index contributed by atoms with van der Waals surface area (Å²) in [5, 5.41) is 2.68. The molecule has 182 valence electrons. The van der Waals surface area contributed by atoms with E-state index >= 15 is 0 Å². The third kappa shape index (κ3) is 6.53. The van der Waals surface area contributed by atoms with Crippen LogP contribution >= 0.6 is 0 Å². The van der Waals surface area contributed by atoms with Gasteiger partial charge in [0.15, 0.2) is 11.5 Å². The molecule has 1 N–H and O–H groups in total. The van der Waals surface area contributed by atoms with Crippen LogP contribution in [0.2, 0.25) is 0 Å². The highest BCUT2D eigenvalue weighted by atomic mass is 32.2. The van der Waals surface area contributed by atoms with Crippen molar-refractivity contribution in [2.75, 3.05) is 25.1 Å². The number of nitrogens with zero attached hydrogens (tertiary/aromatic N) is 1. The van der Waals surface area contributed by atoms with E-state index in [2.05, 4.69) is 5.32 Å². The van der Waals surface area contributed by atoms with E-state index < -0.39 is 34.2 Å². The molecule has 0 aromatic heterocycles. The Morgan fingerprint density at radius 3 is 2.33 bits per heavy atom. The van der Waals surface area contributed by atoms with Gasteiger partial charge in [-0.05, 0) is 43.7 Å². The Hall–Kier alpha value is -2.95. The molecule has 0 fully saturated rings. The maximum Gasteiger partial charge on any atom is 0.416 e. The molecule has 2 aromatic rings. The maximum atomic E-state index is 13.5. The molecular weight excluding hydrogens is 461 g/mol. The number of hydrogen-bond donors (Lipinski definition) is 1. The van der Waals surface area contributed by atoms with Crippen molar-refractivity contribution < 1.29 is 35.9 Å². The van der Waals surface area contributed by atoms with Gasteiger partial charge in [0.2, 0.25) is 5.91 Å². The van der Waals surface area contributed by atoms with Crippen molar-refractivity contribution in [2.24, 2.45) is 0 Å². The van der Waals surface area contributed by atoms with Gasteiger partial charge < -0.3 is 14.8 Å². The first-order valence-corrected chi connectivity index (χ1v) is 11.6. The summed E-state index contributed by atoms with van der Waals surface area (Å²) in [5.74, 6) is -0.255. The van der Waals surface area contributed by atoms with Crippen LogP contribution in [0.15, 0.2) is 47.4 Å². The lowest BCUT2D eigenvalue weighted by Gasteiger charge is -2.26. The van der Waals surface area contributed by atoms with E-state index in [1.807, 2.05) is 6.92 Å². The molecule has 11 heteroatoms. The van der Waals surface area contributed by atoms with Gasteiger partial charge in [0.05, 0.1) is 30.4 Å². The number of hydrogen-bond acceptors (Lipinski definition) is 5. The molecule has 0 aliphatic heterocycles. The van der Waals surface area contributed by atoms with E-state index in [0.29, 0.717) is 16.8 Å². The Labute approximate surface area is 191 Å². The predicted octanol–water partition coefficient (Wildman–Crippen LogP) is 4.22. The zero-order valence-corrected chi connectivity index (χ0v) is 19.6. The molecule has 1 amide bonds. The Kier molecular flexibility index (Phi) is 8.59. The van der Waals surface area contributed by atoms with E-state index in [1.54, 1.807) is 6.92 Å². The number of halogens is 3. The molecule has 0 spiro atoms. The van der Waals surface area contributed by atoms with Crippen molar-refractivity contribution in [1.82, 2.24) is 5.32 Å². The number of methoxy groups -OCH3 is 2. The number of benzene rings is 2. The molecule has 0 saturated heterocycles. The fourth-order valence-corrected chi connectivity index (χ4v) is 4.64. The van der Waals surface area contributed by atoms with Crippen molar-refractivity contribution >= 4 is 21.6 Å². The third-order valence-corrected chi connectivity index (χ3v) is 6.59. The van der Waals surface area contributed by atoms with Crippen LogP contribution in [0.1, 0.15) is 32.3 Å². The van der Waals surface area contributed by atoms with Crippen LogP contribution in [0.5, 0.6) is 11.5 Å². The highest BCUT2D eigenvalue weighted by Gasteiger charge is 2.33. The van der Waals surface area contributed by atoms with Gasteiger partial charge in [-0.3, -0.25) is 9.10 Å². The van der Waals surface area contributed by atoms with Crippen molar-refractivity contribution in [3.63, 3.8) is 0 Å². The molecule has 0 saturated carbocycles. The van der Waals surface area contributed by atoms with Crippen molar-refractivity contribution in [3.8, 4) is 11.5 Å². The zero-order valence-electron chi connectivity index (χ0n) is 18.8. The van der Waals surface area contributed by atoms with E-state index in [-0.39, 0.29) is 28.1 Å². The predicted molar refractivity (Wildman–Crippen MR) is 118 cm³/mol. The quantitative estimate of drug-likeness (QED) is 0.541. The number of carbonyl (C=O) groups excluding carboxylic acids is 1. The third-order valence-electron chi connectivity index (χ3n) is 4.82. The highest BCUT2D eigenvalue weighted by Crippen LogP contribution is 2.35. The number of ether oxygens (including phenoxy) is 2.